The normalized spacial score (nSPS) is 10.7. The van der Waals surface area contributed by atoms with Crippen molar-refractivity contribution in [2.75, 3.05) is 11.1 Å². The topological polar surface area (TPSA) is 64.1 Å². The van der Waals surface area contributed by atoms with E-state index < -0.39 is 0 Å². The third-order valence-electron chi connectivity index (χ3n) is 2.20. The fraction of sp³-hybridized carbons (Fsp3) is 0.308. The lowest BCUT2D eigenvalue weighted by molar-refractivity contribution is -0.113. The molecule has 1 aromatic heterocycles. The van der Waals surface area contributed by atoms with Crippen LogP contribution in [-0.2, 0) is 4.79 Å². The quantitative estimate of drug-likeness (QED) is 0.810. The van der Waals surface area contributed by atoms with E-state index >= 15 is 0 Å². The number of thioether (sulfide) groups is 1. The van der Waals surface area contributed by atoms with Gasteiger partial charge < -0.3 is 10.1 Å². The van der Waals surface area contributed by atoms with Crippen LogP contribution in [0.1, 0.15) is 13.8 Å². The molecule has 0 bridgehead atoms. The van der Waals surface area contributed by atoms with Gasteiger partial charge in [-0.25, -0.2) is 0 Å². The molecule has 0 aliphatic rings. The number of halogens is 1. The number of para-hydroxylation sites is 1. The summed E-state index contributed by atoms with van der Waals surface area (Å²) in [5, 5.41) is 11.7. The zero-order chi connectivity index (χ0) is 15.2. The molecule has 1 heterocycles. The van der Waals surface area contributed by atoms with Gasteiger partial charge in [0.25, 0.3) is 5.19 Å². The molecule has 1 amide bonds. The Morgan fingerprint density at radius 1 is 1.43 bits per heavy atom. The Bertz CT molecular complexity index is 619. The van der Waals surface area contributed by atoms with Crippen LogP contribution in [0.2, 0.25) is 5.02 Å². The number of carbonyl (C=O) groups excluding carboxylic acids is 1. The van der Waals surface area contributed by atoms with E-state index in [0.717, 1.165) is 0 Å². The van der Waals surface area contributed by atoms with Gasteiger partial charge in [0.15, 0.2) is 4.34 Å². The molecule has 0 saturated carbocycles. The first-order valence-electron chi connectivity index (χ1n) is 6.22. The number of benzene rings is 1. The minimum Gasteiger partial charge on any atom is -0.466 e. The Morgan fingerprint density at radius 2 is 2.19 bits per heavy atom. The van der Waals surface area contributed by atoms with Crippen LogP contribution in [0.4, 0.5) is 5.69 Å². The van der Waals surface area contributed by atoms with E-state index in [1.54, 1.807) is 12.1 Å². The van der Waals surface area contributed by atoms with Crippen LogP contribution in [-0.4, -0.2) is 28.0 Å². The zero-order valence-electron chi connectivity index (χ0n) is 11.5. The zero-order valence-corrected chi connectivity index (χ0v) is 13.9. The lowest BCUT2D eigenvalue weighted by Crippen LogP contribution is -2.14. The maximum Gasteiger partial charge on any atom is 0.295 e. The lowest BCUT2D eigenvalue weighted by atomic mass is 10.3. The molecule has 0 atom stereocenters. The van der Waals surface area contributed by atoms with Crippen LogP contribution in [0.5, 0.6) is 5.19 Å². The third kappa shape index (κ3) is 5.18. The van der Waals surface area contributed by atoms with Gasteiger partial charge in [0, 0.05) is 0 Å². The first-order chi connectivity index (χ1) is 10.0. The van der Waals surface area contributed by atoms with Crippen LogP contribution in [0.15, 0.2) is 28.6 Å². The molecule has 0 aliphatic heterocycles. The molecule has 2 aromatic rings. The summed E-state index contributed by atoms with van der Waals surface area (Å²) in [6, 6.07) is 7.11. The van der Waals surface area contributed by atoms with E-state index in [2.05, 4.69) is 15.5 Å². The number of anilines is 1. The highest BCUT2D eigenvalue weighted by molar-refractivity contribution is 8.01. The summed E-state index contributed by atoms with van der Waals surface area (Å²) in [5.74, 6) is 0.0938. The summed E-state index contributed by atoms with van der Waals surface area (Å²) >= 11 is 8.62. The van der Waals surface area contributed by atoms with E-state index in [1.165, 1.54) is 23.1 Å². The van der Waals surface area contributed by atoms with Crippen LogP contribution >= 0.6 is 34.7 Å². The van der Waals surface area contributed by atoms with Gasteiger partial charge in [0.1, 0.15) is 0 Å². The second kappa shape index (κ2) is 7.63. The van der Waals surface area contributed by atoms with Gasteiger partial charge in [-0.2, -0.15) is 0 Å². The number of aromatic nitrogens is 2. The molecule has 0 radical (unpaired) electrons. The number of rotatable bonds is 6. The maximum absolute atomic E-state index is 11.9. The minimum absolute atomic E-state index is 0.0549. The summed E-state index contributed by atoms with van der Waals surface area (Å²) in [6.45, 7) is 3.84. The van der Waals surface area contributed by atoms with Crippen molar-refractivity contribution in [1.82, 2.24) is 10.2 Å². The molecule has 5 nitrogen and oxygen atoms in total. The van der Waals surface area contributed by atoms with Crippen molar-refractivity contribution in [2.45, 2.75) is 24.3 Å². The van der Waals surface area contributed by atoms with E-state index in [4.69, 9.17) is 16.3 Å². The molecule has 0 saturated heterocycles. The Kier molecular flexibility index (Phi) is 5.84. The van der Waals surface area contributed by atoms with E-state index in [1.807, 2.05) is 26.0 Å². The van der Waals surface area contributed by atoms with Gasteiger partial charge in [-0.1, -0.05) is 40.6 Å². The Balaban J connectivity index is 1.84. The van der Waals surface area contributed by atoms with E-state index in [-0.39, 0.29) is 17.8 Å². The maximum atomic E-state index is 11.9. The van der Waals surface area contributed by atoms with Crippen molar-refractivity contribution in [3.05, 3.63) is 29.3 Å². The van der Waals surface area contributed by atoms with Gasteiger partial charge in [-0.3, -0.25) is 4.79 Å². The number of carbonyl (C=O) groups is 1. The first-order valence-corrected chi connectivity index (χ1v) is 8.40. The van der Waals surface area contributed by atoms with Gasteiger partial charge in [0.2, 0.25) is 5.91 Å². The van der Waals surface area contributed by atoms with Crippen molar-refractivity contribution >= 4 is 46.3 Å². The summed E-state index contributed by atoms with van der Waals surface area (Å²) in [6.07, 6.45) is 0.0549. The van der Waals surface area contributed by atoms with Gasteiger partial charge in [-0.15, -0.1) is 5.10 Å². The van der Waals surface area contributed by atoms with Crippen LogP contribution in [0, 0.1) is 0 Å². The summed E-state index contributed by atoms with van der Waals surface area (Å²) in [4.78, 5) is 11.9. The average Bonchev–Trinajstić information content (AvgIpc) is 2.86. The number of nitrogens with one attached hydrogen (secondary N) is 1. The molecule has 21 heavy (non-hydrogen) atoms. The van der Waals surface area contributed by atoms with Crippen LogP contribution < -0.4 is 10.1 Å². The molecule has 0 spiro atoms. The number of amides is 1. The fourth-order valence-electron chi connectivity index (χ4n) is 1.38. The summed E-state index contributed by atoms with van der Waals surface area (Å²) in [5.41, 5.74) is 0.603. The van der Waals surface area contributed by atoms with Crippen molar-refractivity contribution < 1.29 is 9.53 Å². The van der Waals surface area contributed by atoms with Crippen molar-refractivity contribution in [3.63, 3.8) is 0 Å². The van der Waals surface area contributed by atoms with Crippen LogP contribution in [0.3, 0.4) is 0 Å². The molecule has 112 valence electrons. The molecule has 0 unspecified atom stereocenters. The number of hydrogen-bond acceptors (Lipinski definition) is 6. The molecule has 1 N–H and O–H groups in total. The highest BCUT2D eigenvalue weighted by Crippen LogP contribution is 2.28. The second-order valence-corrected chi connectivity index (χ2v) is 6.89. The van der Waals surface area contributed by atoms with Crippen molar-refractivity contribution in [1.29, 1.82) is 0 Å². The van der Waals surface area contributed by atoms with Gasteiger partial charge in [0.05, 0.1) is 22.6 Å². The number of hydrogen-bond donors (Lipinski definition) is 1. The standard InChI is InChI=1S/C13H14ClN3O2S2/c1-8(2)19-12-16-17-13(21-12)20-7-11(18)15-10-6-4-3-5-9(10)14/h3-6,8H,7H2,1-2H3,(H,15,18). The molecule has 1 aromatic carbocycles. The van der Waals surface area contributed by atoms with Crippen LogP contribution in [0.25, 0.3) is 0 Å². The summed E-state index contributed by atoms with van der Waals surface area (Å²) < 4.78 is 6.12. The van der Waals surface area contributed by atoms with Gasteiger partial charge >= 0.3 is 0 Å². The molecule has 0 fully saturated rings. The molecule has 2 rings (SSSR count). The Morgan fingerprint density at radius 3 is 2.90 bits per heavy atom. The smallest absolute Gasteiger partial charge is 0.295 e. The van der Waals surface area contributed by atoms with E-state index in [9.17, 15) is 4.79 Å². The highest BCUT2D eigenvalue weighted by atomic mass is 35.5. The number of ether oxygens (including phenoxy) is 1. The Labute approximate surface area is 136 Å². The summed E-state index contributed by atoms with van der Waals surface area (Å²) in [7, 11) is 0. The highest BCUT2D eigenvalue weighted by Gasteiger charge is 2.10. The molecule has 8 heteroatoms. The third-order valence-corrected chi connectivity index (χ3v) is 4.48. The predicted molar refractivity (Wildman–Crippen MR) is 86.5 cm³/mol. The van der Waals surface area contributed by atoms with Gasteiger partial charge in [-0.05, 0) is 37.3 Å². The van der Waals surface area contributed by atoms with E-state index in [0.29, 0.717) is 20.2 Å². The first kappa shape index (κ1) is 16.1. The fourth-order valence-corrected chi connectivity index (χ4v) is 3.17. The largest absolute Gasteiger partial charge is 0.466 e. The van der Waals surface area contributed by atoms with Crippen molar-refractivity contribution in [2.24, 2.45) is 0 Å². The average molecular weight is 344 g/mol. The Hall–Kier alpha value is -1.31. The SMILES string of the molecule is CC(C)Oc1nnc(SCC(=O)Nc2ccccc2Cl)s1. The predicted octanol–water partition coefficient (Wildman–Crippen LogP) is 3.71. The molecular formula is C13H14ClN3O2S2. The molecule has 0 aliphatic carbocycles. The second-order valence-electron chi connectivity index (χ2n) is 4.32. The van der Waals surface area contributed by atoms with Crippen molar-refractivity contribution in [3.8, 4) is 5.19 Å². The lowest BCUT2D eigenvalue weighted by Gasteiger charge is -2.05. The molecular weight excluding hydrogens is 330 g/mol. The number of nitrogens with zero attached hydrogens (tertiary/aromatic N) is 2. The monoisotopic (exact) mass is 343 g/mol. The minimum atomic E-state index is -0.144.